The van der Waals surface area contributed by atoms with E-state index >= 15 is 0 Å². The van der Waals surface area contributed by atoms with Gasteiger partial charge in [-0.1, -0.05) is 158 Å². The van der Waals surface area contributed by atoms with Gasteiger partial charge in [0.05, 0.1) is 50.2 Å². The highest BCUT2D eigenvalue weighted by molar-refractivity contribution is 6.56. The number of esters is 2. The third-order valence-electron chi connectivity index (χ3n) is 9.61. The van der Waals surface area contributed by atoms with Crippen LogP contribution in [0.4, 0.5) is 0 Å². The van der Waals surface area contributed by atoms with Crippen molar-refractivity contribution >= 4 is 128 Å². The standard InChI is InChI=1S/C39H22Cl10O4/c40-28-26(29(41)33(45)36(48)32(28)44)23-10-6-17-14-19(8-12-21(17)23)52-38(50)25(16-4-2-1-3-5-16)39(51)53-20-9-13-22-18(15-20)7-11-24(22)27-30(42)34(46)37(49)35(47)31(27)43/h1-5,8-9,12-15,23-25H,6-7,10-11H2. The third-order valence-corrected chi connectivity index (χ3v) is 14.2. The highest BCUT2D eigenvalue weighted by atomic mass is 35.5. The lowest BCUT2D eigenvalue weighted by Crippen LogP contribution is -2.29. The van der Waals surface area contributed by atoms with Gasteiger partial charge in [0.15, 0.2) is 5.92 Å². The third kappa shape index (κ3) is 7.24. The topological polar surface area (TPSA) is 52.6 Å². The van der Waals surface area contributed by atoms with Crippen molar-refractivity contribution in [3.05, 3.63) is 156 Å². The number of ether oxygens (including phenoxy) is 2. The van der Waals surface area contributed by atoms with Gasteiger partial charge >= 0.3 is 11.9 Å². The molecule has 4 nitrogen and oxygen atoms in total. The van der Waals surface area contributed by atoms with Crippen molar-refractivity contribution in [3.8, 4) is 11.5 Å². The zero-order valence-electron chi connectivity index (χ0n) is 26.8. The second-order valence-electron chi connectivity index (χ2n) is 12.6. The summed E-state index contributed by atoms with van der Waals surface area (Å²) in [6, 6.07) is 19.1. The van der Waals surface area contributed by atoms with Crippen LogP contribution in [0.3, 0.4) is 0 Å². The first-order valence-electron chi connectivity index (χ1n) is 16.0. The Kier molecular flexibility index (Phi) is 11.7. The number of rotatable bonds is 7. The zero-order valence-corrected chi connectivity index (χ0v) is 34.4. The lowest BCUT2D eigenvalue weighted by atomic mass is 9.92. The summed E-state index contributed by atoms with van der Waals surface area (Å²) in [6.45, 7) is 0. The van der Waals surface area contributed by atoms with E-state index in [0.29, 0.717) is 42.4 Å². The van der Waals surface area contributed by atoms with Crippen LogP contribution in [0.5, 0.6) is 11.5 Å². The summed E-state index contributed by atoms with van der Waals surface area (Å²) in [5.41, 5.74) is 5.24. The number of hydrogen-bond donors (Lipinski definition) is 0. The van der Waals surface area contributed by atoms with E-state index in [4.69, 9.17) is 125 Å². The zero-order chi connectivity index (χ0) is 37.9. The van der Waals surface area contributed by atoms with Gasteiger partial charge in [-0.2, -0.15) is 0 Å². The molecule has 5 aromatic carbocycles. The van der Waals surface area contributed by atoms with Gasteiger partial charge < -0.3 is 9.47 Å². The van der Waals surface area contributed by atoms with E-state index in [1.165, 1.54) is 0 Å². The van der Waals surface area contributed by atoms with Crippen molar-refractivity contribution < 1.29 is 19.1 Å². The summed E-state index contributed by atoms with van der Waals surface area (Å²) < 4.78 is 11.7. The Morgan fingerprint density at radius 2 is 0.849 bits per heavy atom. The van der Waals surface area contributed by atoms with Gasteiger partial charge in [0, 0.05) is 11.8 Å². The number of hydrogen-bond acceptors (Lipinski definition) is 4. The molecule has 0 radical (unpaired) electrons. The van der Waals surface area contributed by atoms with Gasteiger partial charge in [0.25, 0.3) is 0 Å². The lowest BCUT2D eigenvalue weighted by Gasteiger charge is -2.20. The van der Waals surface area contributed by atoms with Crippen molar-refractivity contribution in [2.75, 3.05) is 0 Å². The molecule has 272 valence electrons. The Hall–Kier alpha value is -2.06. The normalized spacial score (nSPS) is 16.6. The molecule has 53 heavy (non-hydrogen) atoms. The first-order chi connectivity index (χ1) is 25.3. The van der Waals surface area contributed by atoms with E-state index in [9.17, 15) is 9.59 Å². The Bertz CT molecular complexity index is 2130. The molecule has 14 heteroatoms. The van der Waals surface area contributed by atoms with E-state index in [-0.39, 0.29) is 73.6 Å². The van der Waals surface area contributed by atoms with Crippen LogP contribution in [0, 0.1) is 0 Å². The molecule has 0 fully saturated rings. The maximum absolute atomic E-state index is 13.8. The molecule has 7 rings (SSSR count). The van der Waals surface area contributed by atoms with Crippen LogP contribution in [-0.4, -0.2) is 11.9 Å². The molecule has 0 N–H and O–H groups in total. The molecule has 0 saturated heterocycles. The number of fused-ring (bicyclic) bond motifs is 2. The van der Waals surface area contributed by atoms with Gasteiger partial charge in [-0.15, -0.1) is 0 Å². The number of carbonyl (C=O) groups is 2. The minimum absolute atomic E-state index is 0.0882. The predicted octanol–water partition coefficient (Wildman–Crippen LogP) is 14.7. The lowest BCUT2D eigenvalue weighted by molar-refractivity contribution is -0.147. The van der Waals surface area contributed by atoms with Gasteiger partial charge in [0.2, 0.25) is 0 Å². The van der Waals surface area contributed by atoms with Crippen molar-refractivity contribution in [2.24, 2.45) is 0 Å². The Labute approximate surface area is 355 Å². The molecule has 0 aromatic heterocycles. The summed E-state index contributed by atoms with van der Waals surface area (Å²) in [5.74, 6) is -2.91. The van der Waals surface area contributed by atoms with Gasteiger partial charge in [-0.05, 0) is 88.9 Å². The molecule has 5 aromatic rings. The van der Waals surface area contributed by atoms with Gasteiger partial charge in [0.1, 0.15) is 11.5 Å². The van der Waals surface area contributed by atoms with Gasteiger partial charge in [-0.25, -0.2) is 0 Å². The molecule has 0 spiro atoms. The SMILES string of the molecule is O=C(Oc1ccc2c(c1)CCC2c1c(Cl)c(Cl)c(Cl)c(Cl)c1Cl)C(C(=O)Oc1ccc2c(c1)CCC2c1c(Cl)c(Cl)c(Cl)c(Cl)c1Cl)c1ccccc1. The van der Waals surface area contributed by atoms with E-state index in [2.05, 4.69) is 0 Å². The van der Waals surface area contributed by atoms with Crippen LogP contribution in [0.25, 0.3) is 0 Å². The van der Waals surface area contributed by atoms with E-state index in [1.54, 1.807) is 54.6 Å². The largest absolute Gasteiger partial charge is 0.426 e. The number of carbonyl (C=O) groups excluding carboxylic acids is 2. The molecule has 2 aliphatic carbocycles. The van der Waals surface area contributed by atoms with Crippen LogP contribution in [0.2, 0.25) is 50.2 Å². The van der Waals surface area contributed by atoms with Gasteiger partial charge in [-0.3, -0.25) is 9.59 Å². The smallest absolute Gasteiger partial charge is 0.330 e. The summed E-state index contributed by atoms with van der Waals surface area (Å²) in [5, 5.41) is 1.62. The predicted molar refractivity (Wildman–Crippen MR) is 217 cm³/mol. The number of halogens is 10. The van der Waals surface area contributed by atoms with Crippen LogP contribution >= 0.6 is 116 Å². The summed E-state index contributed by atoms with van der Waals surface area (Å²) >= 11 is 64.2. The monoisotopic (exact) mass is 904 g/mol. The van der Waals surface area contributed by atoms with Crippen LogP contribution in [-0.2, 0) is 22.4 Å². The van der Waals surface area contributed by atoms with Crippen molar-refractivity contribution in [3.63, 3.8) is 0 Å². The number of aryl methyl sites for hydroxylation is 2. The van der Waals surface area contributed by atoms with Crippen molar-refractivity contribution in [1.29, 1.82) is 0 Å². The molecule has 0 saturated carbocycles. The Morgan fingerprint density at radius 1 is 0.491 bits per heavy atom. The van der Waals surface area contributed by atoms with Crippen LogP contribution < -0.4 is 9.47 Å². The second kappa shape index (κ2) is 15.8. The second-order valence-corrected chi connectivity index (χ2v) is 16.3. The maximum Gasteiger partial charge on any atom is 0.330 e. The minimum atomic E-state index is -1.38. The molecule has 2 atom stereocenters. The highest BCUT2D eigenvalue weighted by Gasteiger charge is 2.36. The number of benzene rings is 5. The van der Waals surface area contributed by atoms with E-state index in [1.807, 2.05) is 12.1 Å². The fourth-order valence-corrected chi connectivity index (χ4v) is 9.97. The van der Waals surface area contributed by atoms with Crippen LogP contribution in [0.15, 0.2) is 66.7 Å². The first kappa shape index (κ1) is 39.2. The average Bonchev–Trinajstić information content (AvgIpc) is 3.76. The summed E-state index contributed by atoms with van der Waals surface area (Å²) in [4.78, 5) is 27.6. The summed E-state index contributed by atoms with van der Waals surface area (Å²) in [6.07, 6.45) is 2.58. The molecular weight excluding hydrogens is 887 g/mol. The van der Waals surface area contributed by atoms with Crippen molar-refractivity contribution in [2.45, 2.75) is 43.4 Å². The fraction of sp³-hybridized carbons (Fsp3) is 0.179. The Morgan fingerprint density at radius 3 is 1.23 bits per heavy atom. The molecular formula is C39H22Cl10O4. The van der Waals surface area contributed by atoms with E-state index < -0.39 is 17.9 Å². The quantitative estimate of drug-likeness (QED) is 0.0537. The Balaban J connectivity index is 1.12. The highest BCUT2D eigenvalue weighted by Crippen LogP contribution is 2.53. The molecule has 0 aliphatic heterocycles. The average molecular weight is 909 g/mol. The molecule has 2 unspecified atom stereocenters. The molecule has 0 amide bonds. The summed E-state index contributed by atoms with van der Waals surface area (Å²) in [7, 11) is 0. The maximum atomic E-state index is 13.8. The molecule has 0 bridgehead atoms. The first-order valence-corrected chi connectivity index (χ1v) is 19.8. The molecule has 0 heterocycles. The van der Waals surface area contributed by atoms with Crippen LogP contribution in [0.1, 0.15) is 69.5 Å². The fourth-order valence-electron chi connectivity index (χ4n) is 7.13. The minimum Gasteiger partial charge on any atom is -0.426 e. The molecule has 2 aliphatic rings. The van der Waals surface area contributed by atoms with Crippen molar-refractivity contribution in [1.82, 2.24) is 0 Å². The van der Waals surface area contributed by atoms with E-state index in [0.717, 1.165) is 22.3 Å².